The number of aliphatic hydroxyl groups excluding tert-OH is 3. The Hall–Kier alpha value is -3.84. The van der Waals surface area contributed by atoms with Gasteiger partial charge in [0.1, 0.15) is 23.6 Å². The van der Waals surface area contributed by atoms with Crippen LogP contribution < -0.4 is 5.32 Å². The average molecular weight is 992 g/mol. The predicted octanol–water partition coefficient (Wildman–Crippen LogP) is 6.84. The zero-order chi connectivity index (χ0) is 50.3. The minimum Gasteiger partial charge on any atom is -0.454 e. The van der Waals surface area contributed by atoms with Crippen molar-refractivity contribution in [2.24, 2.45) is 87.3 Å². The summed E-state index contributed by atoms with van der Waals surface area (Å²) in [4.78, 5) is 29.2. The largest absolute Gasteiger partial charge is 0.454 e. The van der Waals surface area contributed by atoms with Crippen LogP contribution in [0, 0.1) is 111 Å². The molecule has 21 atom stereocenters. The van der Waals surface area contributed by atoms with Crippen molar-refractivity contribution < 1.29 is 45.0 Å². The van der Waals surface area contributed by atoms with Crippen LogP contribution >= 0.6 is 0 Å². The monoisotopic (exact) mass is 992 g/mol. The summed E-state index contributed by atoms with van der Waals surface area (Å²) in [7, 11) is 0. The number of nitrogens with one attached hydrogen (secondary N) is 1. The second kappa shape index (κ2) is 17.6. The molecule has 0 amide bonds. The number of benzene rings is 2. The maximum atomic E-state index is 15.4. The zero-order valence-electron chi connectivity index (χ0n) is 42.6. The molecule has 11 aliphatic rings. The van der Waals surface area contributed by atoms with Crippen LogP contribution in [0.5, 0.6) is 0 Å². The topological polar surface area (TPSA) is 177 Å². The van der Waals surface area contributed by atoms with Gasteiger partial charge in [-0.15, -0.1) is 5.92 Å². The first-order valence-electron chi connectivity index (χ1n) is 28.6. The first-order valence-corrected chi connectivity index (χ1v) is 28.6. The van der Waals surface area contributed by atoms with Crippen molar-refractivity contribution in [1.82, 2.24) is 5.32 Å². The van der Waals surface area contributed by atoms with Gasteiger partial charge >= 0.3 is 5.97 Å². The Balaban J connectivity index is 1.04. The van der Waals surface area contributed by atoms with Crippen LogP contribution in [0.25, 0.3) is 0 Å². The molecule has 10 nitrogen and oxygen atoms in total. The van der Waals surface area contributed by atoms with Gasteiger partial charge in [-0.3, -0.25) is 5.32 Å². The Morgan fingerprint density at radius 2 is 1.64 bits per heavy atom. The number of aliphatic hydroxyl groups is 6. The van der Waals surface area contributed by atoms with Gasteiger partial charge in [0.25, 0.3) is 0 Å². The molecule has 2 aromatic carbocycles. The van der Waals surface area contributed by atoms with E-state index in [1.54, 1.807) is 6.08 Å². The first-order chi connectivity index (χ1) is 35.3. The van der Waals surface area contributed by atoms with E-state index in [0.29, 0.717) is 63.7 Å². The van der Waals surface area contributed by atoms with Crippen LogP contribution in [0.2, 0.25) is 0 Å². The van der Waals surface area contributed by atoms with E-state index in [1.807, 2.05) is 24.3 Å². The highest BCUT2D eigenvalue weighted by Crippen LogP contribution is 2.80. The molecule has 10 aliphatic carbocycles. The van der Waals surface area contributed by atoms with E-state index < -0.39 is 86.9 Å². The van der Waals surface area contributed by atoms with Crippen molar-refractivity contribution in [3.8, 4) is 23.7 Å². The number of rotatable bonds is 7. The van der Waals surface area contributed by atoms with Crippen LogP contribution in [-0.2, 0) is 27.2 Å². The molecule has 7 N–H and O–H groups in total. The maximum absolute atomic E-state index is 15.4. The van der Waals surface area contributed by atoms with Gasteiger partial charge in [-0.05, 0) is 153 Å². The van der Waals surface area contributed by atoms with Gasteiger partial charge in [0.05, 0.1) is 30.0 Å². The molecule has 73 heavy (non-hydrogen) atoms. The molecule has 0 aromatic heterocycles. The number of aldehydes is 1. The van der Waals surface area contributed by atoms with Crippen molar-refractivity contribution >= 4 is 12.3 Å². The Kier molecular flexibility index (Phi) is 11.8. The first kappa shape index (κ1) is 48.8. The molecule has 21 unspecified atom stereocenters. The van der Waals surface area contributed by atoms with Gasteiger partial charge in [0, 0.05) is 65.5 Å². The van der Waals surface area contributed by atoms with E-state index in [1.165, 1.54) is 18.4 Å². The lowest BCUT2D eigenvalue weighted by Gasteiger charge is -2.75. The van der Waals surface area contributed by atoms with E-state index >= 15 is 9.90 Å². The molecule has 388 valence electrons. The molecule has 13 rings (SSSR count). The molecule has 10 heteroatoms. The normalized spacial score (nSPS) is 48.4. The van der Waals surface area contributed by atoms with Crippen LogP contribution in [0.4, 0.5) is 0 Å². The van der Waals surface area contributed by atoms with E-state index in [4.69, 9.17) is 4.74 Å². The van der Waals surface area contributed by atoms with Gasteiger partial charge in [-0.25, -0.2) is 4.79 Å². The van der Waals surface area contributed by atoms with E-state index in [0.717, 1.165) is 55.1 Å². The minimum atomic E-state index is -2.36. The van der Waals surface area contributed by atoms with Gasteiger partial charge < -0.3 is 40.2 Å². The molecule has 8 fully saturated rings. The summed E-state index contributed by atoms with van der Waals surface area (Å²) in [6.07, 6.45) is 11.3. The second-order valence-corrected chi connectivity index (χ2v) is 26.2. The quantitative estimate of drug-likeness (QED) is 0.0673. The number of fused-ring (bicyclic) bond motifs is 6. The van der Waals surface area contributed by atoms with Crippen molar-refractivity contribution in [3.63, 3.8) is 0 Å². The maximum Gasteiger partial charge on any atom is 0.331 e. The third-order valence-corrected chi connectivity index (χ3v) is 23.8. The molecule has 8 saturated carbocycles. The molecule has 2 spiro atoms. The van der Waals surface area contributed by atoms with Crippen molar-refractivity contribution in [1.29, 1.82) is 0 Å². The summed E-state index contributed by atoms with van der Waals surface area (Å²) in [5.41, 5.74) is -6.05. The summed E-state index contributed by atoms with van der Waals surface area (Å²) in [5.74, 6) is 10.4. The summed E-state index contributed by atoms with van der Waals surface area (Å²) in [5, 5.41) is 85.7. The highest BCUT2D eigenvalue weighted by Gasteiger charge is 2.88. The summed E-state index contributed by atoms with van der Waals surface area (Å²) >= 11 is 0. The molecule has 7 bridgehead atoms. The van der Waals surface area contributed by atoms with Gasteiger partial charge in [-0.1, -0.05) is 98.9 Å². The molecule has 2 aromatic rings. The van der Waals surface area contributed by atoms with Crippen molar-refractivity contribution in [3.05, 3.63) is 82.9 Å². The lowest BCUT2D eigenvalue weighted by molar-refractivity contribution is -0.390. The minimum absolute atomic E-state index is 0.0493. The van der Waals surface area contributed by atoms with Gasteiger partial charge in [0.2, 0.25) is 0 Å². The number of ether oxygens (including phenoxy) is 1. The number of hydrogen-bond donors (Lipinski definition) is 7. The smallest absolute Gasteiger partial charge is 0.331 e. The van der Waals surface area contributed by atoms with E-state index in [9.17, 15) is 30.3 Å². The SMILES string of the molecule is CC(C1CCCC1)C1CCC2C(O)C34CCC(C3)C(Cc3ccccc3)CC#CC3CC56CCC#Cc7ccccc7CC(NCO)C7CC(CC5(O)C5(O)C(O)C(C1)C2(O)C(C=O)(C4)C35)C6C1=CC(=O)OC17. The highest BCUT2D eigenvalue weighted by atomic mass is 16.5. The third kappa shape index (κ3) is 6.69. The molecule has 0 radical (unpaired) electrons. The fourth-order valence-electron chi connectivity index (χ4n) is 20.9. The van der Waals surface area contributed by atoms with Crippen LogP contribution in [0.1, 0.15) is 133 Å². The third-order valence-electron chi connectivity index (χ3n) is 23.8. The lowest BCUT2D eigenvalue weighted by atomic mass is 9.31. The lowest BCUT2D eigenvalue weighted by Crippen LogP contribution is -2.87. The highest BCUT2D eigenvalue weighted by molar-refractivity contribution is 5.86. The standard InChI is InChI=1S/C63H77NO9/c1-37(39-14-5-6-15-39)41-21-22-49-56(68)58-25-23-44(31-58)42(26-38-12-3-2-4-13-38)19-11-20-45-32-59-24-10-9-17-40-16-7-8-18-43(40)29-51(64-36-66)47-27-46(53(59)48-30-52(67)73-54(47)48)33-61(59,70)63(72)55(45)60(34-58,35-65)62(49,71)50(28-41)57(63)69/h2-4,7-8,12-13,16,18,30,35,37,39,41-42,44-47,49-51,53-57,64,66,68-72H,5-6,10,14-15,19,21-29,31-34,36H2,1H3. The molecule has 1 heterocycles. The Morgan fingerprint density at radius 3 is 2.44 bits per heavy atom. The van der Waals surface area contributed by atoms with Gasteiger partial charge in [-0.2, -0.15) is 0 Å². The van der Waals surface area contributed by atoms with Crippen molar-refractivity contribution in [2.45, 2.75) is 170 Å². The van der Waals surface area contributed by atoms with E-state index in [2.05, 4.69) is 66.3 Å². The molecular weight excluding hydrogens is 915 g/mol. The fourth-order valence-corrected chi connectivity index (χ4v) is 20.9. The van der Waals surface area contributed by atoms with Crippen LogP contribution in [-0.4, -0.2) is 90.8 Å². The molecule has 1 aliphatic heterocycles. The van der Waals surface area contributed by atoms with Crippen LogP contribution in [0.3, 0.4) is 0 Å². The number of carbonyl (C=O) groups excluding carboxylic acids is 2. The van der Waals surface area contributed by atoms with E-state index in [-0.39, 0.29) is 67.5 Å². The summed E-state index contributed by atoms with van der Waals surface area (Å²) in [6, 6.07) is 18.2. The second-order valence-electron chi connectivity index (χ2n) is 26.2. The predicted molar refractivity (Wildman–Crippen MR) is 273 cm³/mol. The number of esters is 1. The Morgan fingerprint density at radius 1 is 0.849 bits per heavy atom. The number of carbonyl (C=O) groups is 2. The Labute approximate surface area is 431 Å². The summed E-state index contributed by atoms with van der Waals surface area (Å²) < 4.78 is 6.36. The fraction of sp³-hybridized carbons (Fsp3) is 0.683. The summed E-state index contributed by atoms with van der Waals surface area (Å²) in [6.45, 7) is 2.02. The Bertz CT molecular complexity index is 2680. The molecule has 0 saturated heterocycles. The zero-order valence-corrected chi connectivity index (χ0v) is 42.6. The average Bonchev–Trinajstić information content (AvgIpc) is 4.18. The number of hydrogen-bond acceptors (Lipinski definition) is 10. The van der Waals surface area contributed by atoms with Crippen LogP contribution in [0.15, 0.2) is 66.2 Å². The molecular formula is C63H77NO9. The van der Waals surface area contributed by atoms with Crippen molar-refractivity contribution in [2.75, 3.05) is 6.73 Å². The van der Waals surface area contributed by atoms with Gasteiger partial charge in [0.15, 0.2) is 0 Å².